The molecule has 0 fully saturated rings. The van der Waals surface area contributed by atoms with Gasteiger partial charge in [0.05, 0.1) is 11.1 Å². The summed E-state index contributed by atoms with van der Waals surface area (Å²) in [5.74, 6) is -2.17. The van der Waals surface area contributed by atoms with Crippen molar-refractivity contribution >= 4 is 0 Å². The Morgan fingerprint density at radius 3 is 1.27 bits per heavy atom. The largest absolute Gasteiger partial charge is 0.507 e. The van der Waals surface area contributed by atoms with Crippen molar-refractivity contribution in [2.45, 2.75) is 18.5 Å². The highest BCUT2D eigenvalue weighted by Crippen LogP contribution is 2.44. The Morgan fingerprint density at radius 1 is 0.500 bits per heavy atom. The zero-order valence-corrected chi connectivity index (χ0v) is 12.3. The number of phenols is 2. The molecule has 11 heteroatoms. The Kier molecular flexibility index (Phi) is 6.06. The quantitative estimate of drug-likeness (QED) is 0.553. The second-order valence-electron chi connectivity index (χ2n) is 4.71. The molecule has 2 N–H and O–H groups in total. The molecule has 0 aliphatic carbocycles. The van der Waals surface area contributed by atoms with Gasteiger partial charge >= 0.3 is 18.5 Å². The molecule has 0 saturated heterocycles. The zero-order valence-electron chi connectivity index (χ0n) is 12.3. The fourth-order valence-corrected chi connectivity index (χ4v) is 1.79. The van der Waals surface area contributed by atoms with Crippen molar-refractivity contribution in [2.75, 3.05) is 0 Å². The van der Waals surface area contributed by atoms with Crippen molar-refractivity contribution < 1.29 is 49.7 Å². The normalized spacial score (nSPS) is 12.3. The maximum Gasteiger partial charge on any atom is 0.420 e. The van der Waals surface area contributed by atoms with Gasteiger partial charge in [0.25, 0.3) is 0 Å². The third-order valence-electron chi connectivity index (χ3n) is 2.84. The summed E-state index contributed by atoms with van der Waals surface area (Å²) in [6.07, 6.45) is -14.9. The van der Waals surface area contributed by atoms with Gasteiger partial charge in [-0.3, -0.25) is 0 Å². The first-order valence-corrected chi connectivity index (χ1v) is 6.47. The van der Waals surface area contributed by atoms with Crippen molar-refractivity contribution in [3.05, 3.63) is 59.2 Å². The number of para-hydroxylation sites is 1. The lowest BCUT2D eigenvalue weighted by atomic mass is 10.1. The highest BCUT2D eigenvalue weighted by Gasteiger charge is 2.45. The van der Waals surface area contributed by atoms with Gasteiger partial charge < -0.3 is 10.2 Å². The number of aromatic hydroxyl groups is 2. The van der Waals surface area contributed by atoms with Crippen LogP contribution in [0.25, 0.3) is 0 Å². The van der Waals surface area contributed by atoms with Gasteiger partial charge in [0.2, 0.25) is 0 Å². The van der Waals surface area contributed by atoms with Crippen LogP contribution in [0.1, 0.15) is 16.7 Å². The molecule has 2 aromatic carbocycles. The molecule has 0 aliphatic rings. The predicted molar refractivity (Wildman–Crippen MR) is 71.2 cm³/mol. The van der Waals surface area contributed by atoms with Gasteiger partial charge in [0.15, 0.2) is 0 Å². The van der Waals surface area contributed by atoms with Crippen molar-refractivity contribution in [1.29, 1.82) is 0 Å². The van der Waals surface area contributed by atoms with Crippen molar-refractivity contribution in [2.24, 2.45) is 0 Å². The number of halogens is 9. The van der Waals surface area contributed by atoms with Crippen LogP contribution >= 0.6 is 0 Å². The van der Waals surface area contributed by atoms with E-state index in [-0.39, 0.29) is 6.07 Å². The molecular weight excluding hydrogens is 383 g/mol. The van der Waals surface area contributed by atoms with E-state index in [9.17, 15) is 39.5 Å². The molecule has 2 nitrogen and oxygen atoms in total. The lowest BCUT2D eigenvalue weighted by Gasteiger charge is -2.15. The number of phenolic OH excluding ortho intramolecular Hbond substituents is 2. The van der Waals surface area contributed by atoms with Gasteiger partial charge in [-0.15, -0.1) is 0 Å². The molecule has 2 aromatic rings. The standard InChI is InChI=1S/C8H4F6O.C7H5F3O/c9-7(10,11)4-2-1-3-5(15)6(4)8(12,13)14;8-7(9,10)5-3-1-2-4-6(5)11/h1-3,15H;1-4,11H. The number of alkyl halides is 9. The summed E-state index contributed by atoms with van der Waals surface area (Å²) >= 11 is 0. The molecule has 0 unspecified atom stereocenters. The Morgan fingerprint density at radius 2 is 0.923 bits per heavy atom. The van der Waals surface area contributed by atoms with Crippen molar-refractivity contribution in [3.63, 3.8) is 0 Å². The smallest absolute Gasteiger partial charge is 0.420 e. The molecule has 0 aliphatic heterocycles. The van der Waals surface area contributed by atoms with Crippen LogP contribution in [0.4, 0.5) is 39.5 Å². The molecule has 26 heavy (non-hydrogen) atoms. The predicted octanol–water partition coefficient (Wildman–Crippen LogP) is 5.84. The van der Waals surface area contributed by atoms with E-state index in [1.54, 1.807) is 0 Å². The van der Waals surface area contributed by atoms with E-state index in [0.717, 1.165) is 12.1 Å². The average molecular weight is 392 g/mol. The van der Waals surface area contributed by atoms with Crippen LogP contribution in [-0.2, 0) is 18.5 Å². The minimum atomic E-state index is -5.24. The second-order valence-corrected chi connectivity index (χ2v) is 4.71. The first-order valence-electron chi connectivity index (χ1n) is 6.47. The van der Waals surface area contributed by atoms with Crippen LogP contribution in [0.2, 0.25) is 0 Å². The van der Waals surface area contributed by atoms with Crippen LogP contribution in [0.5, 0.6) is 11.5 Å². The summed E-state index contributed by atoms with van der Waals surface area (Å²) in [6, 6.07) is 5.92. The SMILES string of the molecule is Oc1cccc(C(F)(F)F)c1C(F)(F)F.Oc1ccccc1C(F)(F)F. The number of benzene rings is 2. The molecule has 0 bridgehead atoms. The minimum absolute atomic E-state index is 0.266. The Bertz CT molecular complexity index is 746. The highest BCUT2D eigenvalue weighted by atomic mass is 19.4. The molecule has 0 radical (unpaired) electrons. The zero-order chi connectivity index (χ0) is 20.3. The van der Waals surface area contributed by atoms with E-state index in [1.165, 1.54) is 12.1 Å². The molecule has 0 amide bonds. The van der Waals surface area contributed by atoms with E-state index >= 15 is 0 Å². The summed E-state index contributed by atoms with van der Waals surface area (Å²) in [7, 11) is 0. The maximum absolute atomic E-state index is 12.2. The van der Waals surface area contributed by atoms with E-state index in [0.29, 0.717) is 12.1 Å². The third-order valence-corrected chi connectivity index (χ3v) is 2.84. The highest BCUT2D eigenvalue weighted by molar-refractivity contribution is 5.42. The maximum atomic E-state index is 12.2. The van der Waals surface area contributed by atoms with Crippen molar-refractivity contribution in [3.8, 4) is 11.5 Å². The summed E-state index contributed by atoms with van der Waals surface area (Å²) in [5.41, 5.74) is -4.95. The van der Waals surface area contributed by atoms with Crippen LogP contribution in [-0.4, -0.2) is 10.2 Å². The lowest BCUT2D eigenvalue weighted by Crippen LogP contribution is -2.16. The number of hydrogen-bond acceptors (Lipinski definition) is 2. The molecule has 0 atom stereocenters. The van der Waals surface area contributed by atoms with Crippen LogP contribution in [0.15, 0.2) is 42.5 Å². The van der Waals surface area contributed by atoms with E-state index in [1.807, 2.05) is 0 Å². The average Bonchev–Trinajstić information content (AvgIpc) is 2.44. The van der Waals surface area contributed by atoms with Crippen LogP contribution < -0.4 is 0 Å². The lowest BCUT2D eigenvalue weighted by molar-refractivity contribution is -0.163. The van der Waals surface area contributed by atoms with Gasteiger partial charge in [-0.1, -0.05) is 18.2 Å². The van der Waals surface area contributed by atoms with Gasteiger partial charge in [-0.25, -0.2) is 0 Å². The monoisotopic (exact) mass is 392 g/mol. The summed E-state index contributed by atoms with van der Waals surface area (Å²) in [4.78, 5) is 0. The minimum Gasteiger partial charge on any atom is -0.507 e. The number of rotatable bonds is 0. The first-order chi connectivity index (χ1) is 11.7. The van der Waals surface area contributed by atoms with Gasteiger partial charge in [-0.05, 0) is 24.3 Å². The summed E-state index contributed by atoms with van der Waals surface area (Å²) < 4.78 is 109. The van der Waals surface area contributed by atoms with Crippen molar-refractivity contribution in [1.82, 2.24) is 0 Å². The topological polar surface area (TPSA) is 40.5 Å². The molecule has 0 saturated carbocycles. The fourth-order valence-electron chi connectivity index (χ4n) is 1.79. The van der Waals surface area contributed by atoms with E-state index in [2.05, 4.69) is 0 Å². The molecule has 0 spiro atoms. The molecule has 0 aromatic heterocycles. The molecular formula is C15H9F9O2. The fraction of sp³-hybridized carbons (Fsp3) is 0.200. The van der Waals surface area contributed by atoms with Crippen LogP contribution in [0, 0.1) is 0 Å². The van der Waals surface area contributed by atoms with Gasteiger partial charge in [-0.2, -0.15) is 39.5 Å². The third kappa shape index (κ3) is 5.46. The molecule has 0 heterocycles. The molecule has 144 valence electrons. The summed E-state index contributed by atoms with van der Waals surface area (Å²) in [5, 5.41) is 17.5. The van der Waals surface area contributed by atoms with Gasteiger partial charge in [0.1, 0.15) is 17.1 Å². The number of hydrogen-bond donors (Lipinski definition) is 2. The van der Waals surface area contributed by atoms with E-state index < -0.39 is 46.7 Å². The second kappa shape index (κ2) is 7.34. The van der Waals surface area contributed by atoms with Crippen LogP contribution in [0.3, 0.4) is 0 Å². The molecule has 2 rings (SSSR count). The Hall–Kier alpha value is -2.59. The Balaban J connectivity index is 0.000000273. The Labute approximate surface area is 140 Å². The van der Waals surface area contributed by atoms with Gasteiger partial charge in [0, 0.05) is 0 Å². The summed E-state index contributed by atoms with van der Waals surface area (Å²) in [6.45, 7) is 0. The van der Waals surface area contributed by atoms with E-state index in [4.69, 9.17) is 10.2 Å². The first kappa shape index (κ1) is 21.5.